The molecule has 3 aromatic carbocycles. The molecular formula is C28H30Cl2N2O3. The van der Waals surface area contributed by atoms with E-state index in [2.05, 4.69) is 5.32 Å². The van der Waals surface area contributed by atoms with Crippen molar-refractivity contribution in [3.8, 4) is 5.75 Å². The van der Waals surface area contributed by atoms with Crippen molar-refractivity contribution in [1.29, 1.82) is 0 Å². The molecule has 0 spiro atoms. The van der Waals surface area contributed by atoms with Gasteiger partial charge in [0.05, 0.1) is 23.6 Å². The van der Waals surface area contributed by atoms with Gasteiger partial charge in [-0.3, -0.25) is 9.59 Å². The zero-order valence-electron chi connectivity index (χ0n) is 20.0. The summed E-state index contributed by atoms with van der Waals surface area (Å²) in [7, 11) is 1.60. The Kier molecular flexibility index (Phi) is 10.0. The number of benzene rings is 3. The van der Waals surface area contributed by atoms with Crippen LogP contribution in [0.25, 0.3) is 0 Å². The summed E-state index contributed by atoms with van der Waals surface area (Å²) in [5.41, 5.74) is 2.57. The summed E-state index contributed by atoms with van der Waals surface area (Å²) < 4.78 is 5.36. The molecule has 1 N–H and O–H groups in total. The molecule has 0 unspecified atom stereocenters. The molecule has 0 aromatic heterocycles. The van der Waals surface area contributed by atoms with E-state index in [1.807, 2.05) is 61.5 Å². The Bertz CT molecular complexity index is 1140. The standard InChI is InChI=1S/C28H30Cl2N2O3/c1-3-14-31-28(34)26(17-20-8-5-4-6-9-20)32(19-22-10-7-11-23(15-22)35-2)27(33)18-21-12-13-24(29)25(30)16-21/h4-13,15-16,26H,3,14,17-19H2,1-2H3,(H,31,34)/t26-/m1/s1. The fourth-order valence-electron chi connectivity index (χ4n) is 3.81. The smallest absolute Gasteiger partial charge is 0.243 e. The second-order valence-corrected chi connectivity index (χ2v) is 9.11. The molecule has 5 nitrogen and oxygen atoms in total. The van der Waals surface area contributed by atoms with E-state index in [1.165, 1.54) is 0 Å². The lowest BCUT2D eigenvalue weighted by atomic mass is 10.0. The molecule has 184 valence electrons. The number of nitrogens with one attached hydrogen (secondary N) is 1. The van der Waals surface area contributed by atoms with Crippen molar-refractivity contribution in [3.63, 3.8) is 0 Å². The van der Waals surface area contributed by atoms with Crippen molar-refractivity contribution in [2.45, 2.75) is 38.8 Å². The van der Waals surface area contributed by atoms with Crippen molar-refractivity contribution in [2.75, 3.05) is 13.7 Å². The molecule has 0 aliphatic carbocycles. The highest BCUT2D eigenvalue weighted by Crippen LogP contribution is 2.24. The highest BCUT2D eigenvalue weighted by molar-refractivity contribution is 6.42. The summed E-state index contributed by atoms with van der Waals surface area (Å²) in [4.78, 5) is 28.7. The normalized spacial score (nSPS) is 11.5. The molecule has 0 saturated heterocycles. The summed E-state index contributed by atoms with van der Waals surface area (Å²) in [6.45, 7) is 2.79. The Balaban J connectivity index is 1.97. The van der Waals surface area contributed by atoms with E-state index >= 15 is 0 Å². The van der Waals surface area contributed by atoms with Crippen LogP contribution in [-0.2, 0) is 29.0 Å². The maximum absolute atomic E-state index is 13.7. The number of carbonyl (C=O) groups is 2. The summed E-state index contributed by atoms with van der Waals surface area (Å²) in [6, 6.07) is 21.7. The highest BCUT2D eigenvalue weighted by atomic mass is 35.5. The largest absolute Gasteiger partial charge is 0.497 e. The number of amides is 2. The first-order valence-corrected chi connectivity index (χ1v) is 12.3. The summed E-state index contributed by atoms with van der Waals surface area (Å²) in [5.74, 6) is 0.328. The first-order chi connectivity index (χ1) is 16.9. The van der Waals surface area contributed by atoms with Gasteiger partial charge in [-0.15, -0.1) is 0 Å². The molecule has 0 fully saturated rings. The van der Waals surface area contributed by atoms with E-state index in [9.17, 15) is 9.59 Å². The van der Waals surface area contributed by atoms with Crippen LogP contribution >= 0.6 is 23.2 Å². The van der Waals surface area contributed by atoms with Gasteiger partial charge in [-0.05, 0) is 47.4 Å². The molecule has 0 radical (unpaired) electrons. The number of carbonyl (C=O) groups excluding carboxylic acids is 2. The predicted molar refractivity (Wildman–Crippen MR) is 141 cm³/mol. The van der Waals surface area contributed by atoms with Crippen molar-refractivity contribution in [2.24, 2.45) is 0 Å². The number of rotatable bonds is 11. The van der Waals surface area contributed by atoms with Crippen LogP contribution in [-0.4, -0.2) is 36.4 Å². The van der Waals surface area contributed by atoms with Crippen molar-refractivity contribution in [3.05, 3.63) is 99.5 Å². The monoisotopic (exact) mass is 512 g/mol. The van der Waals surface area contributed by atoms with Gasteiger partial charge in [0.2, 0.25) is 11.8 Å². The van der Waals surface area contributed by atoms with E-state index in [0.29, 0.717) is 28.8 Å². The molecule has 7 heteroatoms. The molecular weight excluding hydrogens is 483 g/mol. The second-order valence-electron chi connectivity index (χ2n) is 8.29. The minimum Gasteiger partial charge on any atom is -0.497 e. The third kappa shape index (κ3) is 7.74. The topological polar surface area (TPSA) is 58.6 Å². The van der Waals surface area contributed by atoms with Gasteiger partial charge in [0.15, 0.2) is 0 Å². The van der Waals surface area contributed by atoms with Crippen LogP contribution in [0.4, 0.5) is 0 Å². The minimum absolute atomic E-state index is 0.0905. The van der Waals surface area contributed by atoms with Crippen molar-refractivity contribution in [1.82, 2.24) is 10.2 Å². The van der Waals surface area contributed by atoms with Gasteiger partial charge in [0.25, 0.3) is 0 Å². The third-order valence-electron chi connectivity index (χ3n) is 5.65. The average Bonchev–Trinajstić information content (AvgIpc) is 2.87. The van der Waals surface area contributed by atoms with Crippen LogP contribution in [0, 0.1) is 0 Å². The predicted octanol–water partition coefficient (Wildman–Crippen LogP) is 5.71. The Morgan fingerprint density at radius 1 is 0.914 bits per heavy atom. The molecule has 0 bridgehead atoms. The van der Waals surface area contributed by atoms with Crippen molar-refractivity contribution >= 4 is 35.0 Å². The number of ether oxygens (including phenoxy) is 1. The van der Waals surface area contributed by atoms with E-state index < -0.39 is 6.04 Å². The van der Waals surface area contributed by atoms with Crippen LogP contribution in [0.15, 0.2) is 72.8 Å². The van der Waals surface area contributed by atoms with E-state index in [4.69, 9.17) is 27.9 Å². The Morgan fingerprint density at radius 2 is 1.66 bits per heavy atom. The number of nitrogens with zero attached hydrogens (tertiary/aromatic N) is 1. The Labute approximate surface area is 217 Å². The molecule has 35 heavy (non-hydrogen) atoms. The first-order valence-electron chi connectivity index (χ1n) is 11.6. The average molecular weight is 513 g/mol. The first kappa shape index (κ1) is 26.6. The molecule has 3 aromatic rings. The van der Waals surface area contributed by atoms with Gasteiger partial charge in [-0.25, -0.2) is 0 Å². The third-order valence-corrected chi connectivity index (χ3v) is 6.39. The van der Waals surface area contributed by atoms with E-state index in [-0.39, 0.29) is 24.8 Å². The number of hydrogen-bond acceptors (Lipinski definition) is 3. The van der Waals surface area contributed by atoms with Crippen LogP contribution in [0.5, 0.6) is 5.75 Å². The molecule has 0 aliphatic rings. The van der Waals surface area contributed by atoms with Gasteiger partial charge >= 0.3 is 0 Å². The number of hydrogen-bond donors (Lipinski definition) is 1. The number of halogens is 2. The maximum atomic E-state index is 13.7. The van der Waals surface area contributed by atoms with Gasteiger partial charge in [-0.1, -0.05) is 78.7 Å². The van der Waals surface area contributed by atoms with Gasteiger partial charge in [-0.2, -0.15) is 0 Å². The Morgan fingerprint density at radius 3 is 2.34 bits per heavy atom. The van der Waals surface area contributed by atoms with Gasteiger partial charge < -0.3 is 15.0 Å². The molecule has 0 heterocycles. The SMILES string of the molecule is CCCNC(=O)[C@@H](Cc1ccccc1)N(Cc1cccc(OC)c1)C(=O)Cc1ccc(Cl)c(Cl)c1. The molecule has 1 atom stereocenters. The van der Waals surface area contributed by atoms with Crippen LogP contribution in [0.3, 0.4) is 0 Å². The number of methoxy groups -OCH3 is 1. The summed E-state index contributed by atoms with van der Waals surface area (Å²) in [5, 5.41) is 3.80. The lowest BCUT2D eigenvalue weighted by Crippen LogP contribution is -2.51. The maximum Gasteiger partial charge on any atom is 0.243 e. The Hall–Kier alpha value is -3.02. The second kappa shape index (κ2) is 13.2. The molecule has 0 aliphatic heterocycles. The quantitative estimate of drug-likeness (QED) is 0.357. The lowest BCUT2D eigenvalue weighted by Gasteiger charge is -2.32. The zero-order valence-corrected chi connectivity index (χ0v) is 21.5. The highest BCUT2D eigenvalue weighted by Gasteiger charge is 2.30. The summed E-state index contributed by atoms with van der Waals surface area (Å²) >= 11 is 12.2. The van der Waals surface area contributed by atoms with Gasteiger partial charge in [0.1, 0.15) is 11.8 Å². The van der Waals surface area contributed by atoms with E-state index in [0.717, 1.165) is 23.1 Å². The molecule has 3 rings (SSSR count). The van der Waals surface area contributed by atoms with Crippen LogP contribution < -0.4 is 10.1 Å². The van der Waals surface area contributed by atoms with Gasteiger partial charge in [0, 0.05) is 19.5 Å². The fraction of sp³-hybridized carbons (Fsp3) is 0.286. The van der Waals surface area contributed by atoms with Crippen molar-refractivity contribution < 1.29 is 14.3 Å². The lowest BCUT2D eigenvalue weighted by molar-refractivity contribution is -0.140. The zero-order chi connectivity index (χ0) is 25.2. The molecule has 0 saturated carbocycles. The van der Waals surface area contributed by atoms with Crippen LogP contribution in [0.2, 0.25) is 10.0 Å². The van der Waals surface area contributed by atoms with E-state index in [1.54, 1.807) is 30.2 Å². The minimum atomic E-state index is -0.689. The molecule has 2 amide bonds. The van der Waals surface area contributed by atoms with Crippen LogP contribution in [0.1, 0.15) is 30.0 Å². The fourth-order valence-corrected chi connectivity index (χ4v) is 4.13. The summed E-state index contributed by atoms with van der Waals surface area (Å²) in [6.07, 6.45) is 1.29.